The summed E-state index contributed by atoms with van der Waals surface area (Å²) in [6.07, 6.45) is 31.3. The summed E-state index contributed by atoms with van der Waals surface area (Å²) in [7, 11) is 0. The molecule has 0 rings (SSSR count). The van der Waals surface area contributed by atoms with Gasteiger partial charge in [0.15, 0.2) is 0 Å². The second-order valence-corrected chi connectivity index (χ2v) is 5.70. The van der Waals surface area contributed by atoms with Gasteiger partial charge in [0.2, 0.25) is 0 Å². The van der Waals surface area contributed by atoms with E-state index in [0.717, 1.165) is 57.8 Å². The van der Waals surface area contributed by atoms with Crippen LogP contribution < -0.4 is 0 Å². The average Bonchev–Trinajstić information content (AvgIpc) is 2.56. The summed E-state index contributed by atoms with van der Waals surface area (Å²) in [6.45, 7) is 2.15. The van der Waals surface area contributed by atoms with Crippen molar-refractivity contribution in [2.24, 2.45) is 0 Å². The van der Waals surface area contributed by atoms with Gasteiger partial charge in [-0.2, -0.15) is 0 Å². The molecule has 0 heterocycles. The molecule has 0 fully saturated rings. The normalized spacial score (nSPS) is 12.7. The number of carbonyl (C=O) groups is 1. The zero-order chi connectivity index (χ0) is 17.7. The van der Waals surface area contributed by atoms with Crippen LogP contribution in [0.1, 0.15) is 71.1 Å². The van der Waals surface area contributed by atoms with E-state index in [1.54, 1.807) is 0 Å². The smallest absolute Gasteiger partial charge is 0.303 e. The van der Waals surface area contributed by atoms with Crippen molar-refractivity contribution >= 4 is 5.97 Å². The largest absolute Gasteiger partial charge is 0.481 e. The maximum atomic E-state index is 10.3. The molecular weight excluding hydrogens is 296 g/mol. The first kappa shape index (κ1) is 22.2. The molecule has 2 nitrogen and oxygen atoms in total. The number of hydrogen-bond donors (Lipinski definition) is 1. The van der Waals surface area contributed by atoms with Crippen molar-refractivity contribution in [1.82, 2.24) is 0 Å². The lowest BCUT2D eigenvalue weighted by Crippen LogP contribution is -1.93. The van der Waals surface area contributed by atoms with Crippen LogP contribution in [0.5, 0.6) is 0 Å². The lowest BCUT2D eigenvalue weighted by Gasteiger charge is -1.94. The number of rotatable bonds is 15. The topological polar surface area (TPSA) is 37.3 Å². The molecule has 24 heavy (non-hydrogen) atoms. The van der Waals surface area contributed by atoms with E-state index in [1.807, 2.05) is 0 Å². The summed E-state index contributed by atoms with van der Waals surface area (Å²) in [6, 6.07) is 0. The zero-order valence-electron chi connectivity index (χ0n) is 15.2. The molecule has 0 aliphatic carbocycles. The molecule has 0 radical (unpaired) electrons. The van der Waals surface area contributed by atoms with Crippen LogP contribution in [-0.2, 0) is 4.79 Å². The third-order valence-corrected chi connectivity index (χ3v) is 3.42. The van der Waals surface area contributed by atoms with Gasteiger partial charge in [-0.15, -0.1) is 0 Å². The van der Waals surface area contributed by atoms with E-state index < -0.39 is 5.97 Å². The third kappa shape index (κ3) is 20.2. The first-order valence-corrected chi connectivity index (χ1v) is 9.24. The van der Waals surface area contributed by atoms with E-state index in [4.69, 9.17) is 5.11 Å². The summed E-state index contributed by atoms with van der Waals surface area (Å²) in [5, 5.41) is 8.52. The highest BCUT2D eigenvalue weighted by Crippen LogP contribution is 2.04. The second-order valence-electron chi connectivity index (χ2n) is 5.70. The maximum absolute atomic E-state index is 10.3. The van der Waals surface area contributed by atoms with Gasteiger partial charge in [0.25, 0.3) is 0 Å². The molecule has 0 spiro atoms. The number of carboxylic acid groups (broad SMARTS) is 1. The number of unbranched alkanes of at least 4 members (excludes halogenated alkanes) is 3. The number of allylic oxidation sites excluding steroid dienone is 10. The predicted molar refractivity (Wildman–Crippen MR) is 105 cm³/mol. The van der Waals surface area contributed by atoms with Gasteiger partial charge in [-0.05, 0) is 51.4 Å². The average molecular weight is 331 g/mol. The van der Waals surface area contributed by atoms with Crippen LogP contribution in [0.2, 0.25) is 0 Å². The van der Waals surface area contributed by atoms with Crippen molar-refractivity contribution in [2.45, 2.75) is 71.1 Å². The van der Waals surface area contributed by atoms with Crippen LogP contribution in [0.25, 0.3) is 0 Å². The molecule has 1 N–H and O–H groups in total. The van der Waals surface area contributed by atoms with Crippen LogP contribution >= 0.6 is 0 Å². The van der Waals surface area contributed by atoms with E-state index in [1.165, 1.54) is 0 Å². The molecule has 0 saturated heterocycles. The Bertz CT molecular complexity index is 425. The van der Waals surface area contributed by atoms with Gasteiger partial charge < -0.3 is 5.11 Å². The van der Waals surface area contributed by atoms with Gasteiger partial charge in [0.05, 0.1) is 0 Å². The monoisotopic (exact) mass is 330 g/mol. The Hall–Kier alpha value is -1.83. The fraction of sp³-hybridized carbons (Fsp3) is 0.500. The Morgan fingerprint density at radius 1 is 0.667 bits per heavy atom. The van der Waals surface area contributed by atoms with Crippen molar-refractivity contribution in [1.29, 1.82) is 0 Å². The van der Waals surface area contributed by atoms with Gasteiger partial charge in [-0.25, -0.2) is 0 Å². The van der Waals surface area contributed by atoms with Gasteiger partial charge in [-0.1, -0.05) is 74.1 Å². The maximum Gasteiger partial charge on any atom is 0.303 e. The highest BCUT2D eigenvalue weighted by Gasteiger charge is 1.94. The first-order valence-electron chi connectivity index (χ1n) is 9.24. The molecular formula is C22H34O2. The summed E-state index contributed by atoms with van der Waals surface area (Å²) < 4.78 is 0. The van der Waals surface area contributed by atoms with Crippen molar-refractivity contribution in [2.75, 3.05) is 0 Å². The SMILES string of the molecule is CC/C=C\C/C=C\C/C=C\C/C=C/C/C=C/CCCCCC(=O)O. The fourth-order valence-electron chi connectivity index (χ4n) is 2.08. The van der Waals surface area contributed by atoms with Gasteiger partial charge in [0, 0.05) is 6.42 Å². The van der Waals surface area contributed by atoms with Crippen molar-refractivity contribution < 1.29 is 9.90 Å². The molecule has 0 amide bonds. The Labute approximate surface area is 148 Å². The molecule has 2 heteroatoms. The van der Waals surface area contributed by atoms with Crippen molar-refractivity contribution in [3.63, 3.8) is 0 Å². The molecule has 0 unspecified atom stereocenters. The first-order chi connectivity index (χ1) is 11.8. The van der Waals surface area contributed by atoms with E-state index >= 15 is 0 Å². The Kier molecular flexibility index (Phi) is 17.8. The minimum Gasteiger partial charge on any atom is -0.481 e. The summed E-state index contributed by atoms with van der Waals surface area (Å²) in [5.74, 6) is -0.690. The van der Waals surface area contributed by atoms with Crippen LogP contribution in [0.15, 0.2) is 60.8 Å². The molecule has 0 aliphatic rings. The zero-order valence-corrected chi connectivity index (χ0v) is 15.2. The molecule has 0 aliphatic heterocycles. The minimum absolute atomic E-state index is 0.297. The van der Waals surface area contributed by atoms with Crippen LogP contribution in [0.4, 0.5) is 0 Å². The molecule has 0 atom stereocenters. The molecule has 0 aromatic carbocycles. The van der Waals surface area contributed by atoms with Crippen LogP contribution in [0.3, 0.4) is 0 Å². The predicted octanol–water partition coefficient (Wildman–Crippen LogP) is 6.77. The Balaban J connectivity index is 3.42. The highest BCUT2D eigenvalue weighted by molar-refractivity contribution is 5.66. The highest BCUT2D eigenvalue weighted by atomic mass is 16.4. The molecule has 0 aromatic rings. The van der Waals surface area contributed by atoms with Gasteiger partial charge >= 0.3 is 5.97 Å². The third-order valence-electron chi connectivity index (χ3n) is 3.42. The Morgan fingerprint density at radius 3 is 1.58 bits per heavy atom. The van der Waals surface area contributed by atoms with Crippen LogP contribution in [-0.4, -0.2) is 11.1 Å². The van der Waals surface area contributed by atoms with E-state index in [2.05, 4.69) is 67.7 Å². The fourth-order valence-corrected chi connectivity index (χ4v) is 2.08. The number of hydrogen-bond acceptors (Lipinski definition) is 1. The van der Waals surface area contributed by atoms with E-state index in [9.17, 15) is 4.79 Å². The lowest BCUT2D eigenvalue weighted by molar-refractivity contribution is -0.137. The van der Waals surface area contributed by atoms with Crippen molar-refractivity contribution in [3.05, 3.63) is 60.8 Å². The standard InChI is InChI=1S/C22H34O2/c1-2-3-4-5-6-7-8-9-10-11-12-13-14-15-16-17-18-19-20-21-22(23)24/h3-4,6-7,9-10,12-13,15-16H,2,5,8,11,14,17-21H2,1H3,(H,23,24)/b4-3-,7-6-,10-9-,13-12+,16-15+. The van der Waals surface area contributed by atoms with E-state index in [0.29, 0.717) is 6.42 Å². The minimum atomic E-state index is -0.690. The summed E-state index contributed by atoms with van der Waals surface area (Å²) >= 11 is 0. The molecule has 0 saturated carbocycles. The van der Waals surface area contributed by atoms with E-state index in [-0.39, 0.29) is 0 Å². The molecule has 0 aromatic heterocycles. The van der Waals surface area contributed by atoms with Crippen molar-refractivity contribution in [3.8, 4) is 0 Å². The summed E-state index contributed by atoms with van der Waals surface area (Å²) in [5.41, 5.74) is 0. The quantitative estimate of drug-likeness (QED) is 0.265. The van der Waals surface area contributed by atoms with Gasteiger partial charge in [-0.3, -0.25) is 4.79 Å². The second kappa shape index (κ2) is 19.2. The molecule has 0 bridgehead atoms. The summed E-state index contributed by atoms with van der Waals surface area (Å²) in [4.78, 5) is 10.3. The van der Waals surface area contributed by atoms with Crippen LogP contribution in [0, 0.1) is 0 Å². The Morgan fingerprint density at radius 2 is 1.12 bits per heavy atom. The molecule has 134 valence electrons. The number of aliphatic carboxylic acids is 1. The number of carboxylic acids is 1. The lowest BCUT2D eigenvalue weighted by atomic mass is 10.1. The van der Waals surface area contributed by atoms with Gasteiger partial charge in [0.1, 0.15) is 0 Å².